The second-order valence-electron chi connectivity index (χ2n) is 6.37. The van der Waals surface area contributed by atoms with Crippen LogP contribution in [0.2, 0.25) is 0 Å². The summed E-state index contributed by atoms with van der Waals surface area (Å²) in [7, 11) is 0. The SMILES string of the molecule is O=C(CSc1nc(C(=O)O)cs1)NCC1CN(Cc2ccc(F)c(F)c2)CCO1. The molecule has 2 heterocycles. The van der Waals surface area contributed by atoms with E-state index < -0.39 is 17.6 Å². The molecular formula is C18H19F2N3O4S2. The fourth-order valence-corrected chi connectivity index (χ4v) is 4.40. The third kappa shape index (κ3) is 6.46. The van der Waals surface area contributed by atoms with E-state index in [4.69, 9.17) is 9.84 Å². The number of rotatable bonds is 8. The lowest BCUT2D eigenvalue weighted by Gasteiger charge is -2.33. The number of carbonyl (C=O) groups is 2. The first-order valence-corrected chi connectivity index (χ1v) is 10.6. The lowest BCUT2D eigenvalue weighted by Crippen LogP contribution is -2.47. The van der Waals surface area contributed by atoms with E-state index >= 15 is 0 Å². The van der Waals surface area contributed by atoms with Gasteiger partial charge in [0.25, 0.3) is 0 Å². The van der Waals surface area contributed by atoms with E-state index in [-0.39, 0.29) is 23.5 Å². The number of aromatic carboxylic acids is 1. The van der Waals surface area contributed by atoms with Gasteiger partial charge >= 0.3 is 5.97 Å². The zero-order valence-corrected chi connectivity index (χ0v) is 16.9. The molecule has 0 radical (unpaired) electrons. The fraction of sp³-hybridized carbons (Fsp3) is 0.389. The van der Waals surface area contributed by atoms with Crippen LogP contribution in [-0.4, -0.2) is 65.0 Å². The van der Waals surface area contributed by atoms with Gasteiger partial charge in [0.1, 0.15) is 0 Å². The van der Waals surface area contributed by atoms with Crippen molar-refractivity contribution in [2.45, 2.75) is 17.0 Å². The van der Waals surface area contributed by atoms with Crippen LogP contribution in [0.3, 0.4) is 0 Å². The van der Waals surface area contributed by atoms with Gasteiger partial charge in [0.2, 0.25) is 5.91 Å². The van der Waals surface area contributed by atoms with Crippen molar-refractivity contribution < 1.29 is 28.2 Å². The summed E-state index contributed by atoms with van der Waals surface area (Å²) in [6, 6.07) is 3.85. The molecule has 3 rings (SSSR count). The highest BCUT2D eigenvalue weighted by Gasteiger charge is 2.21. The van der Waals surface area contributed by atoms with E-state index in [0.29, 0.717) is 42.7 Å². The lowest BCUT2D eigenvalue weighted by atomic mass is 10.1. The maximum Gasteiger partial charge on any atom is 0.355 e. The van der Waals surface area contributed by atoms with Gasteiger partial charge in [-0.2, -0.15) is 0 Å². The standard InChI is InChI=1S/C18H19F2N3O4S2/c19-13-2-1-11(5-14(13)20)7-23-3-4-27-12(8-23)6-21-16(24)10-29-18-22-15(9-28-18)17(25)26/h1-2,5,9,12H,3-4,6-8,10H2,(H,21,24)(H,25,26). The summed E-state index contributed by atoms with van der Waals surface area (Å²) in [5.74, 6) is -2.92. The number of aromatic nitrogens is 1. The Bertz CT molecular complexity index is 881. The average Bonchev–Trinajstić information content (AvgIpc) is 3.17. The molecule has 156 valence electrons. The zero-order valence-electron chi connectivity index (χ0n) is 15.3. The normalized spacial score (nSPS) is 17.2. The number of halogens is 2. The molecule has 1 saturated heterocycles. The fourth-order valence-electron chi connectivity index (χ4n) is 2.77. The van der Waals surface area contributed by atoms with Crippen LogP contribution in [0.25, 0.3) is 0 Å². The topological polar surface area (TPSA) is 91.8 Å². The molecule has 1 aliphatic heterocycles. The Labute approximate surface area is 174 Å². The Morgan fingerprint density at radius 3 is 2.93 bits per heavy atom. The molecule has 0 aliphatic carbocycles. The Hall–Kier alpha value is -2.08. The van der Waals surface area contributed by atoms with E-state index in [1.165, 1.54) is 34.5 Å². The highest BCUT2D eigenvalue weighted by Crippen LogP contribution is 2.22. The third-order valence-electron chi connectivity index (χ3n) is 4.17. The molecule has 1 fully saturated rings. The van der Waals surface area contributed by atoms with Crippen molar-refractivity contribution in [3.8, 4) is 0 Å². The summed E-state index contributed by atoms with van der Waals surface area (Å²) in [5.41, 5.74) is 0.642. The van der Waals surface area contributed by atoms with E-state index in [1.54, 1.807) is 6.07 Å². The van der Waals surface area contributed by atoms with Gasteiger partial charge in [-0.05, 0) is 17.7 Å². The largest absolute Gasteiger partial charge is 0.476 e. The molecule has 1 atom stereocenters. The number of benzene rings is 1. The van der Waals surface area contributed by atoms with Gasteiger partial charge in [0.15, 0.2) is 21.7 Å². The van der Waals surface area contributed by atoms with Crippen molar-refractivity contribution >= 4 is 35.0 Å². The van der Waals surface area contributed by atoms with Crippen LogP contribution in [0.1, 0.15) is 16.1 Å². The number of hydrogen-bond acceptors (Lipinski definition) is 7. The number of carboxylic acid groups (broad SMARTS) is 1. The van der Waals surface area contributed by atoms with Crippen LogP contribution in [0.4, 0.5) is 8.78 Å². The van der Waals surface area contributed by atoms with Crippen LogP contribution in [-0.2, 0) is 16.1 Å². The molecule has 1 amide bonds. The number of ether oxygens (including phenoxy) is 1. The summed E-state index contributed by atoms with van der Waals surface area (Å²) >= 11 is 2.35. The second-order valence-corrected chi connectivity index (χ2v) is 8.45. The number of carbonyl (C=O) groups excluding carboxylic acids is 1. The molecule has 1 aromatic carbocycles. The molecule has 11 heteroatoms. The summed E-state index contributed by atoms with van der Waals surface area (Å²) in [4.78, 5) is 28.8. The third-order valence-corrected chi connectivity index (χ3v) is 6.19. The first-order chi connectivity index (χ1) is 13.9. The van der Waals surface area contributed by atoms with E-state index in [0.717, 1.165) is 6.07 Å². The second kappa shape index (κ2) is 10.1. The number of amides is 1. The van der Waals surface area contributed by atoms with Crippen molar-refractivity contribution in [3.05, 3.63) is 46.5 Å². The Morgan fingerprint density at radius 2 is 2.21 bits per heavy atom. The molecule has 2 aromatic rings. The van der Waals surface area contributed by atoms with Crippen molar-refractivity contribution in [2.75, 3.05) is 32.0 Å². The van der Waals surface area contributed by atoms with Crippen LogP contribution in [0.15, 0.2) is 27.9 Å². The minimum Gasteiger partial charge on any atom is -0.476 e. The molecule has 1 aromatic heterocycles. The number of carboxylic acids is 1. The van der Waals surface area contributed by atoms with Gasteiger partial charge in [-0.1, -0.05) is 17.8 Å². The number of hydrogen-bond donors (Lipinski definition) is 2. The summed E-state index contributed by atoms with van der Waals surface area (Å²) in [6.07, 6.45) is -0.207. The predicted octanol–water partition coefficient (Wildman–Crippen LogP) is 2.23. The van der Waals surface area contributed by atoms with Crippen LogP contribution in [0.5, 0.6) is 0 Å². The van der Waals surface area contributed by atoms with Gasteiger partial charge in [0.05, 0.1) is 18.5 Å². The summed E-state index contributed by atoms with van der Waals surface area (Å²) in [5, 5.41) is 13.1. The van der Waals surface area contributed by atoms with Gasteiger partial charge in [0, 0.05) is 31.6 Å². The Balaban J connectivity index is 1.40. The Morgan fingerprint density at radius 1 is 1.38 bits per heavy atom. The number of nitrogens with zero attached hydrogens (tertiary/aromatic N) is 2. The highest BCUT2D eigenvalue weighted by atomic mass is 32.2. The van der Waals surface area contributed by atoms with Crippen molar-refractivity contribution in [3.63, 3.8) is 0 Å². The smallest absolute Gasteiger partial charge is 0.355 e. The van der Waals surface area contributed by atoms with Crippen molar-refractivity contribution in [1.82, 2.24) is 15.2 Å². The van der Waals surface area contributed by atoms with Gasteiger partial charge in [-0.3, -0.25) is 9.69 Å². The van der Waals surface area contributed by atoms with Gasteiger partial charge in [-0.25, -0.2) is 18.6 Å². The zero-order chi connectivity index (χ0) is 20.8. The first-order valence-electron chi connectivity index (χ1n) is 8.77. The van der Waals surface area contributed by atoms with E-state index in [2.05, 4.69) is 15.2 Å². The monoisotopic (exact) mass is 443 g/mol. The molecule has 2 N–H and O–H groups in total. The van der Waals surface area contributed by atoms with Crippen LogP contribution < -0.4 is 5.32 Å². The van der Waals surface area contributed by atoms with E-state index in [9.17, 15) is 18.4 Å². The van der Waals surface area contributed by atoms with Crippen molar-refractivity contribution in [2.24, 2.45) is 0 Å². The molecule has 0 spiro atoms. The van der Waals surface area contributed by atoms with Crippen LogP contribution >= 0.6 is 23.1 Å². The molecule has 29 heavy (non-hydrogen) atoms. The number of thioether (sulfide) groups is 1. The van der Waals surface area contributed by atoms with E-state index in [1.807, 2.05) is 0 Å². The lowest BCUT2D eigenvalue weighted by molar-refractivity contribution is -0.119. The maximum absolute atomic E-state index is 13.4. The van der Waals surface area contributed by atoms with Gasteiger partial charge < -0.3 is 15.2 Å². The molecule has 1 unspecified atom stereocenters. The minimum absolute atomic E-state index is 0.0327. The molecular weight excluding hydrogens is 424 g/mol. The number of thiazole rings is 1. The van der Waals surface area contributed by atoms with Crippen molar-refractivity contribution in [1.29, 1.82) is 0 Å². The predicted molar refractivity (Wildman–Crippen MR) is 104 cm³/mol. The maximum atomic E-state index is 13.4. The number of nitrogens with one attached hydrogen (secondary N) is 1. The first kappa shape index (κ1) is 21.6. The Kier molecular flexibility index (Phi) is 7.53. The molecule has 0 bridgehead atoms. The minimum atomic E-state index is -1.10. The molecule has 1 aliphatic rings. The quantitative estimate of drug-likeness (QED) is 0.605. The van der Waals surface area contributed by atoms with Crippen LogP contribution in [0, 0.1) is 11.6 Å². The highest BCUT2D eigenvalue weighted by molar-refractivity contribution is 8.01. The molecule has 7 nitrogen and oxygen atoms in total. The summed E-state index contributed by atoms with van der Waals surface area (Å²) in [6.45, 7) is 2.49. The average molecular weight is 443 g/mol. The molecule has 0 saturated carbocycles. The summed E-state index contributed by atoms with van der Waals surface area (Å²) < 4.78 is 32.6. The van der Waals surface area contributed by atoms with Gasteiger partial charge in [-0.15, -0.1) is 11.3 Å². The number of morpholine rings is 1.